The van der Waals surface area contributed by atoms with Gasteiger partial charge < -0.3 is 9.15 Å². The number of hydrogen-bond acceptors (Lipinski definition) is 5. The molecular weight excluding hydrogens is 312 g/mol. The molecule has 0 amide bonds. The summed E-state index contributed by atoms with van der Waals surface area (Å²) in [6.07, 6.45) is 2.03. The van der Waals surface area contributed by atoms with Crippen molar-refractivity contribution in [3.8, 4) is 5.75 Å². The zero-order valence-corrected chi connectivity index (χ0v) is 13.3. The smallest absolute Gasteiger partial charge is 0.343 e. The molecule has 0 bridgehead atoms. The van der Waals surface area contributed by atoms with Crippen LogP contribution < -0.4 is 10.4 Å². The van der Waals surface area contributed by atoms with Gasteiger partial charge in [-0.3, -0.25) is 0 Å². The van der Waals surface area contributed by atoms with Crippen molar-refractivity contribution in [2.75, 3.05) is 6.26 Å². The number of carbonyl (C=O) groups is 1. The molecule has 0 spiro atoms. The Morgan fingerprint density at radius 2 is 1.83 bits per heavy atom. The predicted molar refractivity (Wildman–Crippen MR) is 91.1 cm³/mol. The van der Waals surface area contributed by atoms with E-state index in [1.807, 2.05) is 18.4 Å². The molecule has 0 saturated heterocycles. The van der Waals surface area contributed by atoms with Gasteiger partial charge in [-0.25, -0.2) is 9.59 Å². The monoisotopic (exact) mass is 326 g/mol. The molecule has 0 unspecified atom stereocenters. The Labute approximate surface area is 137 Å². The third kappa shape index (κ3) is 3.63. The molecule has 116 valence electrons. The van der Waals surface area contributed by atoms with Gasteiger partial charge in [0, 0.05) is 23.3 Å². The molecule has 4 nitrogen and oxygen atoms in total. The molecular formula is C18H14O4S. The van der Waals surface area contributed by atoms with Crippen molar-refractivity contribution < 1.29 is 13.9 Å². The summed E-state index contributed by atoms with van der Waals surface area (Å²) < 4.78 is 10.4. The largest absolute Gasteiger partial charge is 0.423 e. The van der Waals surface area contributed by atoms with E-state index in [9.17, 15) is 9.59 Å². The normalized spacial score (nSPS) is 10.7. The summed E-state index contributed by atoms with van der Waals surface area (Å²) in [5.41, 5.74) is 1.58. The number of rotatable bonds is 4. The third-order valence-corrected chi connectivity index (χ3v) is 3.93. The Bertz CT molecular complexity index is 897. The molecule has 0 saturated carbocycles. The minimum atomic E-state index is -0.446. The maximum Gasteiger partial charge on any atom is 0.343 e. The van der Waals surface area contributed by atoms with Crippen molar-refractivity contribution in [3.63, 3.8) is 0 Å². The maximum absolute atomic E-state index is 12.2. The highest BCUT2D eigenvalue weighted by atomic mass is 32.2. The van der Waals surface area contributed by atoms with Crippen molar-refractivity contribution in [2.45, 2.75) is 5.75 Å². The number of ether oxygens (including phenoxy) is 1. The number of benzene rings is 2. The van der Waals surface area contributed by atoms with Crippen LogP contribution in [0.3, 0.4) is 0 Å². The van der Waals surface area contributed by atoms with E-state index in [0.29, 0.717) is 16.9 Å². The van der Waals surface area contributed by atoms with Crippen LogP contribution in [0.2, 0.25) is 0 Å². The lowest BCUT2D eigenvalue weighted by Crippen LogP contribution is -2.08. The lowest BCUT2D eigenvalue weighted by Gasteiger charge is -2.06. The summed E-state index contributed by atoms with van der Waals surface area (Å²) in [4.78, 5) is 23.4. The Morgan fingerprint density at radius 3 is 2.57 bits per heavy atom. The number of carbonyl (C=O) groups excluding carboxylic acids is 1. The predicted octanol–water partition coefficient (Wildman–Crippen LogP) is 3.88. The van der Waals surface area contributed by atoms with Gasteiger partial charge in [0.15, 0.2) is 0 Å². The average molecular weight is 326 g/mol. The van der Waals surface area contributed by atoms with E-state index in [2.05, 4.69) is 0 Å². The molecule has 0 aliphatic heterocycles. The zero-order valence-electron chi connectivity index (χ0n) is 12.4. The van der Waals surface area contributed by atoms with E-state index in [1.165, 1.54) is 12.1 Å². The van der Waals surface area contributed by atoms with Gasteiger partial charge in [-0.15, -0.1) is 0 Å². The Morgan fingerprint density at radius 1 is 1.09 bits per heavy atom. The first-order valence-electron chi connectivity index (χ1n) is 7.00. The fourth-order valence-corrected chi connectivity index (χ4v) is 2.70. The number of esters is 1. The molecule has 3 aromatic rings. The molecule has 3 rings (SSSR count). The van der Waals surface area contributed by atoms with E-state index < -0.39 is 11.6 Å². The van der Waals surface area contributed by atoms with Gasteiger partial charge in [0.05, 0.1) is 5.56 Å². The summed E-state index contributed by atoms with van der Waals surface area (Å²) in [7, 11) is 0. The van der Waals surface area contributed by atoms with E-state index in [0.717, 1.165) is 16.7 Å². The van der Waals surface area contributed by atoms with Crippen molar-refractivity contribution >= 4 is 28.7 Å². The molecule has 0 atom stereocenters. The Balaban J connectivity index is 1.80. The second-order valence-corrected chi connectivity index (χ2v) is 5.84. The van der Waals surface area contributed by atoms with Gasteiger partial charge in [0.1, 0.15) is 11.3 Å². The minimum Gasteiger partial charge on any atom is -0.423 e. The summed E-state index contributed by atoms with van der Waals surface area (Å²) in [6.45, 7) is 0. The lowest BCUT2D eigenvalue weighted by atomic mass is 10.1. The van der Waals surface area contributed by atoms with Crippen LogP contribution in [0, 0.1) is 0 Å². The average Bonchev–Trinajstić information content (AvgIpc) is 2.55. The second-order valence-electron chi connectivity index (χ2n) is 4.97. The van der Waals surface area contributed by atoms with Crippen molar-refractivity contribution in [1.29, 1.82) is 0 Å². The van der Waals surface area contributed by atoms with Crippen LogP contribution in [-0.2, 0) is 5.75 Å². The van der Waals surface area contributed by atoms with Crippen LogP contribution >= 0.6 is 11.8 Å². The summed E-state index contributed by atoms with van der Waals surface area (Å²) >= 11 is 1.72. The van der Waals surface area contributed by atoms with Gasteiger partial charge in [-0.1, -0.05) is 12.1 Å². The molecule has 1 heterocycles. The summed E-state index contributed by atoms with van der Waals surface area (Å²) in [6, 6.07) is 15.3. The Kier molecular flexibility index (Phi) is 4.48. The number of fused-ring (bicyclic) bond motifs is 1. The molecule has 0 radical (unpaired) electrons. The van der Waals surface area contributed by atoms with Gasteiger partial charge in [0.2, 0.25) is 0 Å². The molecule has 0 aliphatic carbocycles. The van der Waals surface area contributed by atoms with Crippen LogP contribution in [0.5, 0.6) is 5.75 Å². The highest BCUT2D eigenvalue weighted by molar-refractivity contribution is 7.97. The Hall–Kier alpha value is -2.53. The molecule has 2 aromatic carbocycles. The van der Waals surface area contributed by atoms with Gasteiger partial charge in [-0.05, 0) is 42.2 Å². The lowest BCUT2D eigenvalue weighted by molar-refractivity contribution is 0.0735. The fraction of sp³-hybridized carbons (Fsp3) is 0.111. The van der Waals surface area contributed by atoms with Gasteiger partial charge in [0.25, 0.3) is 0 Å². The third-order valence-electron chi connectivity index (χ3n) is 3.31. The second kappa shape index (κ2) is 6.71. The molecule has 5 heteroatoms. The molecule has 23 heavy (non-hydrogen) atoms. The standard InChI is InChI=1S/C18H14O4S/c1-23-11-12-2-4-14(5-3-12)18(20)21-15-8-6-13-7-9-17(19)22-16(13)10-15/h2-10H,11H2,1H3. The summed E-state index contributed by atoms with van der Waals surface area (Å²) in [5.74, 6) is 0.794. The van der Waals surface area contributed by atoms with Crippen LogP contribution in [0.1, 0.15) is 15.9 Å². The summed E-state index contributed by atoms with van der Waals surface area (Å²) in [5, 5.41) is 0.769. The maximum atomic E-state index is 12.2. The fourth-order valence-electron chi connectivity index (χ4n) is 2.17. The van der Waals surface area contributed by atoms with Crippen molar-refractivity contribution in [1.82, 2.24) is 0 Å². The van der Waals surface area contributed by atoms with Crippen LogP contribution in [0.4, 0.5) is 0 Å². The highest BCUT2D eigenvalue weighted by Gasteiger charge is 2.09. The van der Waals surface area contributed by atoms with Gasteiger partial charge in [-0.2, -0.15) is 11.8 Å². The first-order chi connectivity index (χ1) is 11.2. The molecule has 0 aliphatic rings. The van der Waals surface area contributed by atoms with Crippen molar-refractivity contribution in [2.24, 2.45) is 0 Å². The number of hydrogen-bond donors (Lipinski definition) is 0. The minimum absolute atomic E-state index is 0.338. The topological polar surface area (TPSA) is 56.5 Å². The number of thioether (sulfide) groups is 1. The van der Waals surface area contributed by atoms with E-state index in [-0.39, 0.29) is 0 Å². The highest BCUT2D eigenvalue weighted by Crippen LogP contribution is 2.20. The quantitative estimate of drug-likeness (QED) is 0.414. The molecule has 0 fully saturated rings. The van der Waals surface area contributed by atoms with E-state index in [4.69, 9.17) is 9.15 Å². The van der Waals surface area contributed by atoms with E-state index in [1.54, 1.807) is 42.1 Å². The SMILES string of the molecule is CSCc1ccc(C(=O)Oc2ccc3ccc(=O)oc3c2)cc1. The molecule has 1 aromatic heterocycles. The van der Waals surface area contributed by atoms with Crippen molar-refractivity contribution in [3.05, 3.63) is 76.1 Å². The van der Waals surface area contributed by atoms with Crippen LogP contribution in [0.15, 0.2) is 63.8 Å². The van der Waals surface area contributed by atoms with Gasteiger partial charge >= 0.3 is 11.6 Å². The first kappa shape index (κ1) is 15.4. The van der Waals surface area contributed by atoms with Crippen LogP contribution in [0.25, 0.3) is 11.0 Å². The van der Waals surface area contributed by atoms with E-state index >= 15 is 0 Å². The molecule has 0 N–H and O–H groups in total. The first-order valence-corrected chi connectivity index (χ1v) is 8.39. The zero-order chi connectivity index (χ0) is 16.2. The van der Waals surface area contributed by atoms with Crippen LogP contribution in [-0.4, -0.2) is 12.2 Å².